The Morgan fingerprint density at radius 1 is 1.21 bits per heavy atom. The fourth-order valence-electron chi connectivity index (χ4n) is 1.04. The average Bonchev–Trinajstić information content (AvgIpc) is 2.28. The molecule has 76 valence electrons. The van der Waals surface area contributed by atoms with Crippen LogP contribution in [0.3, 0.4) is 0 Å². The topological polar surface area (TPSA) is 55.8 Å². The molecule has 0 bridgehead atoms. The number of aliphatic hydroxyl groups is 1. The molecule has 0 spiro atoms. The van der Waals surface area contributed by atoms with Crippen LogP contribution in [0.15, 0.2) is 30.3 Å². The highest BCUT2D eigenvalue weighted by Crippen LogP contribution is 2.14. The van der Waals surface area contributed by atoms with Gasteiger partial charge in [0.2, 0.25) is 0 Å². The number of hydrogen-bond donors (Lipinski definition) is 1. The average molecular weight is 196 g/mol. The molecule has 1 aromatic carbocycles. The highest BCUT2D eigenvalue weighted by Gasteiger charge is 2.37. The second-order valence-electron chi connectivity index (χ2n) is 2.69. The van der Waals surface area contributed by atoms with E-state index in [-0.39, 0.29) is 0 Å². The molecule has 0 aliphatic heterocycles. The van der Waals surface area contributed by atoms with E-state index in [0.717, 1.165) is 0 Å². The highest BCUT2D eigenvalue weighted by atomic mass is 16.8. The summed E-state index contributed by atoms with van der Waals surface area (Å²) in [5.41, 5.74) is 0.332. The summed E-state index contributed by atoms with van der Waals surface area (Å²) >= 11 is 0. The van der Waals surface area contributed by atoms with E-state index in [1.165, 1.54) is 14.2 Å². The minimum atomic E-state index is -2.19. The molecule has 0 aliphatic carbocycles. The van der Waals surface area contributed by atoms with Crippen LogP contribution in [0, 0.1) is 0 Å². The number of hydrogen-bond acceptors (Lipinski definition) is 4. The van der Waals surface area contributed by atoms with E-state index < -0.39 is 11.8 Å². The molecule has 0 fully saturated rings. The molecule has 0 radical (unpaired) electrons. The van der Waals surface area contributed by atoms with E-state index >= 15 is 0 Å². The van der Waals surface area contributed by atoms with Gasteiger partial charge in [0.05, 0.1) is 0 Å². The molecule has 4 heteroatoms. The van der Waals surface area contributed by atoms with Gasteiger partial charge in [-0.05, 0) is 0 Å². The van der Waals surface area contributed by atoms with Crippen molar-refractivity contribution < 1.29 is 19.4 Å². The van der Waals surface area contributed by atoms with Crippen molar-refractivity contribution in [2.45, 2.75) is 5.97 Å². The van der Waals surface area contributed by atoms with Crippen LogP contribution >= 0.6 is 0 Å². The van der Waals surface area contributed by atoms with Crippen LogP contribution in [0.1, 0.15) is 10.4 Å². The number of ether oxygens (including phenoxy) is 2. The Kier molecular flexibility index (Phi) is 3.35. The normalized spacial score (nSPS) is 11.4. The third-order valence-electron chi connectivity index (χ3n) is 1.88. The summed E-state index contributed by atoms with van der Waals surface area (Å²) in [5.74, 6) is -2.82. The fraction of sp³-hybridized carbons (Fsp3) is 0.300. The van der Waals surface area contributed by atoms with Crippen molar-refractivity contribution in [3.05, 3.63) is 35.9 Å². The van der Waals surface area contributed by atoms with Gasteiger partial charge >= 0.3 is 5.97 Å². The summed E-state index contributed by atoms with van der Waals surface area (Å²) < 4.78 is 9.17. The zero-order valence-electron chi connectivity index (χ0n) is 8.06. The van der Waals surface area contributed by atoms with E-state index in [9.17, 15) is 9.90 Å². The molecule has 0 heterocycles. The van der Waals surface area contributed by atoms with E-state index in [2.05, 4.69) is 9.47 Å². The Morgan fingerprint density at radius 3 is 2.14 bits per heavy atom. The molecule has 1 aromatic rings. The molecule has 0 aromatic heterocycles. The third kappa shape index (κ3) is 1.98. The molecule has 1 rings (SSSR count). The first-order valence-corrected chi connectivity index (χ1v) is 4.06. The number of rotatable bonds is 4. The Morgan fingerprint density at radius 2 is 1.71 bits per heavy atom. The maximum absolute atomic E-state index is 11.6. The Bertz CT molecular complexity index is 303. The molecule has 14 heavy (non-hydrogen) atoms. The van der Waals surface area contributed by atoms with Gasteiger partial charge in [-0.2, -0.15) is 0 Å². The monoisotopic (exact) mass is 196 g/mol. The van der Waals surface area contributed by atoms with Gasteiger partial charge in [0, 0.05) is 19.8 Å². The zero-order chi connectivity index (χ0) is 10.6. The van der Waals surface area contributed by atoms with Gasteiger partial charge in [-0.3, -0.25) is 4.79 Å². The van der Waals surface area contributed by atoms with Crippen LogP contribution in [0.5, 0.6) is 0 Å². The van der Waals surface area contributed by atoms with Gasteiger partial charge in [0.1, 0.15) is 0 Å². The number of methoxy groups -OCH3 is 2. The second-order valence-corrected chi connectivity index (χ2v) is 2.69. The molecule has 4 nitrogen and oxygen atoms in total. The predicted octanol–water partition coefficient (Wildman–Crippen LogP) is 0.808. The van der Waals surface area contributed by atoms with Crippen LogP contribution in [-0.2, 0) is 9.47 Å². The lowest BCUT2D eigenvalue weighted by molar-refractivity contribution is -0.298. The van der Waals surface area contributed by atoms with Gasteiger partial charge in [-0.1, -0.05) is 30.3 Å². The van der Waals surface area contributed by atoms with Crippen molar-refractivity contribution in [2.75, 3.05) is 14.2 Å². The van der Waals surface area contributed by atoms with Crippen molar-refractivity contribution in [1.29, 1.82) is 0 Å². The first-order chi connectivity index (χ1) is 6.64. The van der Waals surface area contributed by atoms with Crippen molar-refractivity contribution in [1.82, 2.24) is 0 Å². The molecule has 0 unspecified atom stereocenters. The molecule has 0 saturated carbocycles. The number of carbonyl (C=O) groups is 1. The first kappa shape index (κ1) is 10.8. The molecule has 0 saturated heterocycles. The van der Waals surface area contributed by atoms with Gasteiger partial charge in [0.15, 0.2) is 0 Å². The van der Waals surface area contributed by atoms with Crippen LogP contribution in [0.25, 0.3) is 0 Å². The van der Waals surface area contributed by atoms with E-state index in [1.807, 2.05) is 0 Å². The van der Waals surface area contributed by atoms with Gasteiger partial charge < -0.3 is 14.6 Å². The molecule has 0 atom stereocenters. The van der Waals surface area contributed by atoms with Gasteiger partial charge in [-0.15, -0.1) is 0 Å². The largest absolute Gasteiger partial charge is 0.348 e. The Hall–Kier alpha value is -1.23. The van der Waals surface area contributed by atoms with E-state index in [4.69, 9.17) is 0 Å². The molecule has 0 amide bonds. The Balaban J connectivity index is 2.95. The standard InChI is InChI=1S/C10H12O4/c1-13-10(12,14-2)9(11)8-6-4-3-5-7-8/h3-7,12H,1-2H3. The minimum absolute atomic E-state index is 0.332. The summed E-state index contributed by atoms with van der Waals surface area (Å²) in [5, 5.41) is 9.56. The Labute approximate surface area is 82.1 Å². The van der Waals surface area contributed by atoms with Crippen molar-refractivity contribution >= 4 is 5.78 Å². The van der Waals surface area contributed by atoms with Crippen molar-refractivity contribution in [3.8, 4) is 0 Å². The predicted molar refractivity (Wildman–Crippen MR) is 49.7 cm³/mol. The number of ketones is 1. The number of Topliss-reactive ketones (excluding diaryl/α,β-unsaturated/α-hetero) is 1. The van der Waals surface area contributed by atoms with Gasteiger partial charge in [0.25, 0.3) is 5.78 Å². The van der Waals surface area contributed by atoms with Crippen LogP contribution < -0.4 is 0 Å². The minimum Gasteiger partial charge on any atom is -0.337 e. The van der Waals surface area contributed by atoms with Crippen LogP contribution in [0.4, 0.5) is 0 Å². The summed E-state index contributed by atoms with van der Waals surface area (Å²) in [6.07, 6.45) is 0. The first-order valence-electron chi connectivity index (χ1n) is 4.06. The number of benzene rings is 1. The van der Waals surface area contributed by atoms with Crippen molar-refractivity contribution in [3.63, 3.8) is 0 Å². The fourth-order valence-corrected chi connectivity index (χ4v) is 1.04. The molecule has 0 aliphatic rings. The lowest BCUT2D eigenvalue weighted by Crippen LogP contribution is -2.42. The van der Waals surface area contributed by atoms with Crippen molar-refractivity contribution in [2.24, 2.45) is 0 Å². The summed E-state index contributed by atoms with van der Waals surface area (Å²) in [6.45, 7) is 0. The summed E-state index contributed by atoms with van der Waals surface area (Å²) in [7, 11) is 2.40. The van der Waals surface area contributed by atoms with E-state index in [1.54, 1.807) is 30.3 Å². The third-order valence-corrected chi connectivity index (χ3v) is 1.88. The maximum atomic E-state index is 11.6. The molecular formula is C10H12O4. The summed E-state index contributed by atoms with van der Waals surface area (Å²) in [6, 6.07) is 8.31. The van der Waals surface area contributed by atoms with Gasteiger partial charge in [-0.25, -0.2) is 0 Å². The van der Waals surface area contributed by atoms with Crippen LogP contribution in [-0.4, -0.2) is 31.1 Å². The molecular weight excluding hydrogens is 184 g/mol. The smallest absolute Gasteiger partial charge is 0.337 e. The molecule has 1 N–H and O–H groups in total. The number of carbonyl (C=O) groups excluding carboxylic acids is 1. The zero-order valence-corrected chi connectivity index (χ0v) is 8.06. The lowest BCUT2D eigenvalue weighted by Gasteiger charge is -2.22. The van der Waals surface area contributed by atoms with Crippen LogP contribution in [0.2, 0.25) is 0 Å². The quantitative estimate of drug-likeness (QED) is 0.572. The second kappa shape index (κ2) is 4.32. The summed E-state index contributed by atoms with van der Waals surface area (Å²) in [4.78, 5) is 11.6. The maximum Gasteiger partial charge on any atom is 0.348 e. The highest BCUT2D eigenvalue weighted by molar-refractivity contribution is 6.00. The SMILES string of the molecule is COC(O)(OC)C(=O)c1ccccc1. The lowest BCUT2D eigenvalue weighted by atomic mass is 10.1. The van der Waals surface area contributed by atoms with E-state index in [0.29, 0.717) is 5.56 Å².